The van der Waals surface area contributed by atoms with E-state index >= 15 is 0 Å². The Hall–Kier alpha value is -6.64. The fraction of sp³-hybridized carbons (Fsp3) is 0.111. The summed E-state index contributed by atoms with van der Waals surface area (Å²) in [6.45, 7) is 9.54. The molecule has 0 bridgehead atoms. The van der Waals surface area contributed by atoms with Gasteiger partial charge in [-0.1, -0.05) is 149 Å². The minimum atomic E-state index is -0.170. The SMILES string of the molecule is CC1(C)c2ccccc2N2c3ccc(-c4ccc5cc(N(c6ccc7ccccc7c6)c6ccc7ccccc7c6)ccc5c4)cc3C(C)(C)c3cccc1c32. The highest BCUT2D eigenvalue weighted by Crippen LogP contribution is 2.60. The van der Waals surface area contributed by atoms with Crippen molar-refractivity contribution in [2.24, 2.45) is 0 Å². The molecule has 9 aromatic carbocycles. The van der Waals surface area contributed by atoms with Gasteiger partial charge in [-0.3, -0.25) is 0 Å². The molecule has 9 aromatic rings. The third-order valence-electron chi connectivity index (χ3n) is 12.7. The first-order chi connectivity index (χ1) is 27.3. The number of rotatable bonds is 4. The molecule has 0 fully saturated rings. The highest BCUT2D eigenvalue weighted by atomic mass is 15.2. The minimum absolute atomic E-state index is 0.0844. The molecule has 2 nitrogen and oxygen atoms in total. The number of nitrogens with zero attached hydrogens (tertiary/aromatic N) is 2. The molecule has 0 N–H and O–H groups in total. The van der Waals surface area contributed by atoms with Crippen molar-refractivity contribution in [3.63, 3.8) is 0 Å². The molecule has 2 heterocycles. The molecule has 0 amide bonds. The van der Waals surface area contributed by atoms with E-state index in [0.29, 0.717) is 0 Å². The van der Waals surface area contributed by atoms with Crippen molar-refractivity contribution in [2.45, 2.75) is 38.5 Å². The molecule has 0 saturated heterocycles. The van der Waals surface area contributed by atoms with E-state index in [1.165, 1.54) is 82.8 Å². The Kier molecular flexibility index (Phi) is 6.98. The summed E-state index contributed by atoms with van der Waals surface area (Å²) in [5.41, 5.74) is 15.0. The molecule has 0 saturated carbocycles. The zero-order chi connectivity index (χ0) is 37.8. The zero-order valence-electron chi connectivity index (χ0n) is 32.2. The zero-order valence-corrected chi connectivity index (χ0v) is 32.2. The van der Waals surface area contributed by atoms with Gasteiger partial charge in [-0.15, -0.1) is 0 Å². The quantitative estimate of drug-likeness (QED) is 0.179. The second-order valence-electron chi connectivity index (χ2n) is 16.7. The molecule has 2 heteroatoms. The molecule has 0 atom stereocenters. The van der Waals surface area contributed by atoms with Crippen LogP contribution in [0.15, 0.2) is 182 Å². The number of fused-ring (bicyclic) bond motifs is 7. The third kappa shape index (κ3) is 4.82. The first-order valence-corrected chi connectivity index (χ1v) is 19.8. The van der Waals surface area contributed by atoms with Gasteiger partial charge in [0.25, 0.3) is 0 Å². The lowest BCUT2D eigenvalue weighted by Gasteiger charge is -2.49. The van der Waals surface area contributed by atoms with Crippen molar-refractivity contribution < 1.29 is 0 Å². The van der Waals surface area contributed by atoms with Crippen molar-refractivity contribution in [1.82, 2.24) is 0 Å². The molecule has 0 spiro atoms. The Morgan fingerprint density at radius 3 is 1.41 bits per heavy atom. The van der Waals surface area contributed by atoms with Crippen molar-refractivity contribution in [3.05, 3.63) is 204 Å². The maximum atomic E-state index is 2.54. The standard InChI is InChI=1S/C54H42N2/c1-53(2)46-16-9-10-19-50(46)56-51-29-25-42(34-49(51)54(3,4)48-18-11-17-47(53)52(48)56)39-20-21-41-33-45(28-24-40(41)30-39)55(43-26-22-35-12-5-7-14-37(35)31-43)44-27-23-36-13-6-8-15-38(36)32-44/h5-34H,1-4H3. The van der Waals surface area contributed by atoms with Crippen LogP contribution in [0, 0.1) is 0 Å². The molecule has 2 aliphatic heterocycles. The summed E-state index contributed by atoms with van der Waals surface area (Å²) in [5.74, 6) is 0. The normalized spacial score (nSPS) is 14.7. The lowest BCUT2D eigenvalue weighted by atomic mass is 9.66. The van der Waals surface area contributed by atoms with Crippen LogP contribution in [-0.2, 0) is 10.8 Å². The summed E-state index contributed by atoms with van der Waals surface area (Å²) in [7, 11) is 0. The summed E-state index contributed by atoms with van der Waals surface area (Å²) < 4.78 is 0. The molecule has 0 radical (unpaired) electrons. The van der Waals surface area contributed by atoms with E-state index in [-0.39, 0.29) is 10.8 Å². The van der Waals surface area contributed by atoms with Gasteiger partial charge in [0.15, 0.2) is 0 Å². The molecule has 268 valence electrons. The fourth-order valence-electron chi connectivity index (χ4n) is 9.69. The van der Waals surface area contributed by atoms with Gasteiger partial charge in [0.2, 0.25) is 0 Å². The summed E-state index contributed by atoms with van der Waals surface area (Å²) in [5, 5.41) is 7.38. The van der Waals surface area contributed by atoms with Crippen molar-refractivity contribution in [3.8, 4) is 11.1 Å². The van der Waals surface area contributed by atoms with Gasteiger partial charge in [0, 0.05) is 27.9 Å². The predicted octanol–water partition coefficient (Wildman–Crippen LogP) is 15.0. The monoisotopic (exact) mass is 718 g/mol. The molecule has 2 aliphatic rings. The number of para-hydroxylation sites is 2. The maximum Gasteiger partial charge on any atom is 0.0543 e. The van der Waals surface area contributed by atoms with Gasteiger partial charge in [-0.2, -0.15) is 0 Å². The smallest absolute Gasteiger partial charge is 0.0543 e. The van der Waals surface area contributed by atoms with E-state index in [2.05, 4.69) is 219 Å². The van der Waals surface area contributed by atoms with Gasteiger partial charge in [0.1, 0.15) is 0 Å². The van der Waals surface area contributed by atoms with Crippen LogP contribution < -0.4 is 9.80 Å². The highest BCUT2D eigenvalue weighted by molar-refractivity contribution is 5.97. The van der Waals surface area contributed by atoms with Gasteiger partial charge >= 0.3 is 0 Å². The molecule has 11 rings (SSSR count). The molecule has 56 heavy (non-hydrogen) atoms. The van der Waals surface area contributed by atoms with Crippen LogP contribution in [-0.4, -0.2) is 0 Å². The van der Waals surface area contributed by atoms with Crippen LogP contribution in [0.4, 0.5) is 34.1 Å². The number of hydrogen-bond acceptors (Lipinski definition) is 2. The Morgan fingerprint density at radius 1 is 0.339 bits per heavy atom. The molecule has 0 aromatic heterocycles. The second-order valence-corrected chi connectivity index (χ2v) is 16.7. The summed E-state index contributed by atoms with van der Waals surface area (Å²) in [4.78, 5) is 4.93. The van der Waals surface area contributed by atoms with Gasteiger partial charge in [-0.25, -0.2) is 0 Å². The predicted molar refractivity (Wildman–Crippen MR) is 238 cm³/mol. The van der Waals surface area contributed by atoms with Crippen molar-refractivity contribution in [1.29, 1.82) is 0 Å². The number of hydrogen-bond donors (Lipinski definition) is 0. The van der Waals surface area contributed by atoms with Gasteiger partial charge in [0.05, 0.1) is 17.1 Å². The second kappa shape index (κ2) is 11.9. The average Bonchev–Trinajstić information content (AvgIpc) is 3.23. The molecular formula is C54H42N2. The molecule has 0 aliphatic carbocycles. The van der Waals surface area contributed by atoms with Gasteiger partial charge < -0.3 is 9.80 Å². The largest absolute Gasteiger partial charge is 0.310 e. The van der Waals surface area contributed by atoms with Crippen LogP contribution in [0.25, 0.3) is 43.4 Å². The first kappa shape index (κ1) is 32.8. The highest BCUT2D eigenvalue weighted by Gasteiger charge is 2.45. The minimum Gasteiger partial charge on any atom is -0.310 e. The topological polar surface area (TPSA) is 6.48 Å². The number of benzene rings is 9. The molecular weight excluding hydrogens is 677 g/mol. The maximum absolute atomic E-state index is 2.54. The van der Waals surface area contributed by atoms with E-state index in [0.717, 1.165) is 17.1 Å². The van der Waals surface area contributed by atoms with E-state index in [9.17, 15) is 0 Å². The summed E-state index contributed by atoms with van der Waals surface area (Å²) >= 11 is 0. The summed E-state index contributed by atoms with van der Waals surface area (Å²) in [6, 6.07) is 67.6. The van der Waals surface area contributed by atoms with Crippen LogP contribution >= 0.6 is 0 Å². The average molecular weight is 719 g/mol. The van der Waals surface area contributed by atoms with Crippen LogP contribution in [0.3, 0.4) is 0 Å². The number of anilines is 6. The fourth-order valence-corrected chi connectivity index (χ4v) is 9.69. The van der Waals surface area contributed by atoms with Gasteiger partial charge in [-0.05, 0) is 126 Å². The van der Waals surface area contributed by atoms with Crippen LogP contribution in [0.5, 0.6) is 0 Å². The third-order valence-corrected chi connectivity index (χ3v) is 12.7. The van der Waals surface area contributed by atoms with Crippen molar-refractivity contribution >= 4 is 66.4 Å². The molecule has 0 unspecified atom stereocenters. The lowest BCUT2D eigenvalue weighted by Crippen LogP contribution is -2.38. The Bertz CT molecular complexity index is 2980. The Morgan fingerprint density at radius 2 is 0.768 bits per heavy atom. The van der Waals surface area contributed by atoms with E-state index < -0.39 is 0 Å². The summed E-state index contributed by atoms with van der Waals surface area (Å²) in [6.07, 6.45) is 0. The van der Waals surface area contributed by atoms with E-state index in [1.54, 1.807) is 0 Å². The van der Waals surface area contributed by atoms with E-state index in [4.69, 9.17) is 0 Å². The van der Waals surface area contributed by atoms with Crippen molar-refractivity contribution in [2.75, 3.05) is 9.80 Å². The lowest BCUT2D eigenvalue weighted by molar-refractivity contribution is 0.597. The first-order valence-electron chi connectivity index (χ1n) is 19.8. The Labute approximate surface area is 328 Å². The van der Waals surface area contributed by atoms with E-state index in [1.807, 2.05) is 0 Å². The Balaban J connectivity index is 1.01. The van der Waals surface area contributed by atoms with Crippen LogP contribution in [0.1, 0.15) is 49.9 Å². The van der Waals surface area contributed by atoms with Crippen LogP contribution in [0.2, 0.25) is 0 Å².